The molecule has 158 valence electrons. The number of amidine groups is 2. The molecule has 0 radical (unpaired) electrons. The normalized spacial score (nSPS) is 25.8. The molecule has 5 rings (SSSR count). The van der Waals surface area contributed by atoms with Gasteiger partial charge in [-0.25, -0.2) is 14.8 Å². The molecule has 0 bridgehead atoms. The van der Waals surface area contributed by atoms with E-state index in [0.717, 1.165) is 37.3 Å². The Morgan fingerprint density at radius 1 is 1.43 bits per heavy atom. The molecule has 4 aliphatic rings. The van der Waals surface area contributed by atoms with Gasteiger partial charge in [-0.05, 0) is 49.7 Å². The van der Waals surface area contributed by atoms with Gasteiger partial charge in [-0.2, -0.15) is 0 Å². The Morgan fingerprint density at radius 3 is 3.10 bits per heavy atom. The summed E-state index contributed by atoms with van der Waals surface area (Å²) in [6, 6.07) is 1.81. The SMILES string of the molecule is Cc1cc2c(c(=O)o1)C=C1CCC([C@H](C)CN3CNC(N)=C4N=C([125I])N=C43)C[C@@H]1O2. The average molecular weight is 519 g/mol. The predicted molar refractivity (Wildman–Crippen MR) is 123 cm³/mol. The van der Waals surface area contributed by atoms with E-state index in [4.69, 9.17) is 14.9 Å². The molecule has 1 saturated carbocycles. The molecule has 0 saturated heterocycles. The van der Waals surface area contributed by atoms with Crippen molar-refractivity contribution >= 4 is 38.3 Å². The first-order chi connectivity index (χ1) is 14.4. The lowest BCUT2D eigenvalue weighted by Gasteiger charge is -2.39. The maximum atomic E-state index is 12.2. The Balaban J connectivity index is 1.29. The first-order valence-corrected chi connectivity index (χ1v) is 11.3. The third kappa shape index (κ3) is 3.42. The molecular formula is C21H24IN5O3. The monoisotopic (exact) mass is 519 g/mol. The summed E-state index contributed by atoms with van der Waals surface area (Å²) in [5.74, 6) is 3.63. The highest BCUT2D eigenvalue weighted by Crippen LogP contribution is 2.40. The van der Waals surface area contributed by atoms with Gasteiger partial charge in [-0.15, -0.1) is 0 Å². The van der Waals surface area contributed by atoms with E-state index in [1.165, 1.54) is 5.57 Å². The molecule has 30 heavy (non-hydrogen) atoms. The van der Waals surface area contributed by atoms with Crippen LogP contribution in [0.3, 0.4) is 0 Å². The maximum Gasteiger partial charge on any atom is 0.346 e. The lowest BCUT2D eigenvalue weighted by atomic mass is 9.76. The van der Waals surface area contributed by atoms with Crippen LogP contribution in [0.4, 0.5) is 0 Å². The van der Waals surface area contributed by atoms with Crippen LogP contribution >= 0.6 is 22.6 Å². The van der Waals surface area contributed by atoms with Crippen LogP contribution in [-0.4, -0.2) is 33.9 Å². The number of aryl methyl sites for hydroxylation is 1. The summed E-state index contributed by atoms with van der Waals surface area (Å²) in [6.07, 6.45) is 4.96. The molecule has 9 heteroatoms. The first kappa shape index (κ1) is 19.7. The van der Waals surface area contributed by atoms with Gasteiger partial charge in [0.05, 0.1) is 6.67 Å². The zero-order valence-corrected chi connectivity index (χ0v) is 19.1. The van der Waals surface area contributed by atoms with Crippen molar-refractivity contribution in [1.29, 1.82) is 0 Å². The summed E-state index contributed by atoms with van der Waals surface area (Å²) in [5.41, 5.74) is 8.22. The molecule has 1 aromatic heterocycles. The van der Waals surface area contributed by atoms with E-state index in [1.807, 2.05) is 12.1 Å². The molecular weight excluding hydrogens is 495 g/mol. The van der Waals surface area contributed by atoms with Crippen molar-refractivity contribution in [2.24, 2.45) is 27.6 Å². The summed E-state index contributed by atoms with van der Waals surface area (Å²) >= 11 is 2.13. The van der Waals surface area contributed by atoms with Gasteiger partial charge >= 0.3 is 5.63 Å². The number of fused-ring (bicyclic) bond motifs is 3. The maximum absolute atomic E-state index is 12.2. The van der Waals surface area contributed by atoms with Crippen LogP contribution in [0, 0.1) is 18.8 Å². The van der Waals surface area contributed by atoms with E-state index in [9.17, 15) is 4.79 Å². The third-order valence-electron chi connectivity index (χ3n) is 6.35. The fourth-order valence-electron chi connectivity index (χ4n) is 4.72. The molecule has 0 aromatic carbocycles. The van der Waals surface area contributed by atoms with Gasteiger partial charge in [0, 0.05) is 35.2 Å². The highest BCUT2D eigenvalue weighted by Gasteiger charge is 2.36. The van der Waals surface area contributed by atoms with Crippen LogP contribution < -0.4 is 21.4 Å². The van der Waals surface area contributed by atoms with E-state index in [0.29, 0.717) is 45.2 Å². The summed E-state index contributed by atoms with van der Waals surface area (Å²) in [6.45, 7) is 5.57. The minimum absolute atomic E-state index is 0.0265. The van der Waals surface area contributed by atoms with Gasteiger partial charge < -0.3 is 25.1 Å². The number of aliphatic imine (C=N–C) groups is 2. The topological polar surface area (TPSA) is 105 Å². The summed E-state index contributed by atoms with van der Waals surface area (Å²) in [4.78, 5) is 23.4. The van der Waals surface area contributed by atoms with Crippen molar-refractivity contribution in [2.45, 2.75) is 39.2 Å². The van der Waals surface area contributed by atoms with Crippen molar-refractivity contribution < 1.29 is 9.15 Å². The number of rotatable bonds is 3. The van der Waals surface area contributed by atoms with E-state index in [2.05, 4.69) is 49.7 Å². The number of nitrogens with two attached hydrogens (primary N) is 1. The van der Waals surface area contributed by atoms with Crippen LogP contribution in [0.15, 0.2) is 42.4 Å². The number of hydrogen-bond acceptors (Lipinski definition) is 8. The fourth-order valence-corrected chi connectivity index (χ4v) is 5.19. The van der Waals surface area contributed by atoms with E-state index < -0.39 is 0 Å². The number of halogens is 1. The van der Waals surface area contributed by atoms with Gasteiger partial charge in [-0.1, -0.05) is 6.92 Å². The molecule has 0 spiro atoms. The van der Waals surface area contributed by atoms with Crippen molar-refractivity contribution in [3.63, 3.8) is 0 Å². The highest BCUT2D eigenvalue weighted by atomic mass is 125. The Kier molecular flexibility index (Phi) is 4.87. The molecule has 3 N–H and O–H groups in total. The molecule has 1 fully saturated rings. The molecule has 8 nitrogen and oxygen atoms in total. The predicted octanol–water partition coefficient (Wildman–Crippen LogP) is 2.72. The van der Waals surface area contributed by atoms with Crippen LogP contribution in [0.25, 0.3) is 6.08 Å². The van der Waals surface area contributed by atoms with Crippen LogP contribution in [0.1, 0.15) is 37.5 Å². The lowest BCUT2D eigenvalue weighted by Crippen LogP contribution is -2.48. The summed E-state index contributed by atoms with van der Waals surface area (Å²) in [7, 11) is 0. The third-order valence-corrected chi connectivity index (χ3v) is 6.83. The average Bonchev–Trinajstić information content (AvgIpc) is 3.11. The first-order valence-electron chi connectivity index (χ1n) is 10.2. The zero-order chi connectivity index (χ0) is 21.0. The van der Waals surface area contributed by atoms with E-state index in [1.54, 1.807) is 6.92 Å². The minimum atomic E-state index is -0.318. The molecule has 1 unspecified atom stereocenters. The smallest absolute Gasteiger partial charge is 0.346 e. The van der Waals surface area contributed by atoms with E-state index >= 15 is 0 Å². The number of nitrogens with zero attached hydrogens (tertiary/aromatic N) is 3. The van der Waals surface area contributed by atoms with E-state index in [-0.39, 0.29) is 11.7 Å². The Hall–Kier alpha value is -2.30. The van der Waals surface area contributed by atoms with Crippen molar-refractivity contribution in [2.75, 3.05) is 13.2 Å². The largest absolute Gasteiger partial charge is 0.485 e. The van der Waals surface area contributed by atoms with Gasteiger partial charge in [0.25, 0.3) is 0 Å². The number of nitrogens with one attached hydrogen (secondary N) is 1. The molecule has 0 amide bonds. The van der Waals surface area contributed by atoms with Gasteiger partial charge in [-0.3, -0.25) is 0 Å². The number of ether oxygens (including phenoxy) is 1. The quantitative estimate of drug-likeness (QED) is 0.470. The fraction of sp³-hybridized carbons (Fsp3) is 0.476. The molecule has 1 aromatic rings. The molecule has 3 atom stereocenters. The molecule has 3 aliphatic heterocycles. The minimum Gasteiger partial charge on any atom is -0.485 e. The zero-order valence-electron chi connectivity index (χ0n) is 16.9. The molecule has 1 aliphatic carbocycles. The number of hydrogen-bond donors (Lipinski definition) is 2. The van der Waals surface area contributed by atoms with Crippen LogP contribution in [0.5, 0.6) is 5.75 Å². The van der Waals surface area contributed by atoms with Crippen LogP contribution in [-0.2, 0) is 0 Å². The molecule has 4 heterocycles. The summed E-state index contributed by atoms with van der Waals surface area (Å²) < 4.78 is 12.2. The highest BCUT2D eigenvalue weighted by molar-refractivity contribution is 14.1. The van der Waals surface area contributed by atoms with Crippen molar-refractivity contribution in [3.05, 3.63) is 44.9 Å². The summed E-state index contributed by atoms with van der Waals surface area (Å²) in [5, 5.41) is 3.22. The van der Waals surface area contributed by atoms with Crippen LogP contribution in [0.2, 0.25) is 0 Å². The van der Waals surface area contributed by atoms with Crippen molar-refractivity contribution in [3.8, 4) is 5.75 Å². The lowest BCUT2D eigenvalue weighted by molar-refractivity contribution is 0.131. The second-order valence-corrected chi connectivity index (χ2v) is 9.36. The Morgan fingerprint density at radius 2 is 2.27 bits per heavy atom. The van der Waals surface area contributed by atoms with Gasteiger partial charge in [0.2, 0.25) is 0 Å². The Labute approximate surface area is 188 Å². The Bertz CT molecular complexity index is 1090. The van der Waals surface area contributed by atoms with Gasteiger partial charge in [0.1, 0.15) is 34.7 Å². The second-order valence-electron chi connectivity index (χ2n) is 8.40. The standard InChI is InChI=1S/C21H24IN5O3/c1-10(8-27-9-24-18(23)17-19(27)26-21(22)25-17)12-3-4-13-6-14-16(30-15(13)7-12)5-11(2)29-20(14)28/h5-6,10,12,15,24H,3-4,7-9,23H2,1-2H3/t10-,12?,15+/m1/s1/i22-2. The van der Waals surface area contributed by atoms with Gasteiger partial charge in [0.15, 0.2) is 9.68 Å². The second kappa shape index (κ2) is 7.44. The van der Waals surface area contributed by atoms with Crippen molar-refractivity contribution in [1.82, 2.24) is 10.2 Å².